The number of amides is 2. The van der Waals surface area contributed by atoms with Crippen molar-refractivity contribution in [3.63, 3.8) is 0 Å². The first-order valence-electron chi connectivity index (χ1n) is 8.29. The van der Waals surface area contributed by atoms with Gasteiger partial charge >= 0.3 is 0 Å². The van der Waals surface area contributed by atoms with Crippen LogP contribution >= 0.6 is 24.0 Å². The number of hydrogen-bond donors (Lipinski definition) is 3. The molecule has 1 aliphatic rings. The summed E-state index contributed by atoms with van der Waals surface area (Å²) < 4.78 is 0. The van der Waals surface area contributed by atoms with Crippen LogP contribution in [0.15, 0.2) is 4.99 Å². The second-order valence-corrected chi connectivity index (χ2v) is 7.60. The van der Waals surface area contributed by atoms with E-state index in [4.69, 9.17) is 5.73 Å². The number of guanidine groups is 1. The van der Waals surface area contributed by atoms with Crippen LogP contribution in [0.2, 0.25) is 0 Å². The van der Waals surface area contributed by atoms with Gasteiger partial charge in [-0.25, -0.2) is 0 Å². The number of halogens is 1. The van der Waals surface area contributed by atoms with Crippen LogP contribution in [0.25, 0.3) is 0 Å². The molecule has 1 aliphatic heterocycles. The zero-order valence-corrected chi connectivity index (χ0v) is 18.5. The van der Waals surface area contributed by atoms with E-state index >= 15 is 0 Å². The third kappa shape index (κ3) is 7.35. The molecule has 2 amide bonds. The number of carbonyl (C=O) groups excluding carboxylic acids is 2. The lowest BCUT2D eigenvalue weighted by molar-refractivity contribution is -0.129. The number of nitrogens with zero attached hydrogens (tertiary/aromatic N) is 3. The Morgan fingerprint density at radius 3 is 2.00 bits per heavy atom. The summed E-state index contributed by atoms with van der Waals surface area (Å²) in [4.78, 5) is 31.9. The van der Waals surface area contributed by atoms with Gasteiger partial charge in [0.25, 0.3) is 0 Å². The van der Waals surface area contributed by atoms with Crippen molar-refractivity contribution < 1.29 is 9.59 Å². The maximum atomic E-state index is 11.9. The van der Waals surface area contributed by atoms with Crippen LogP contribution in [0.3, 0.4) is 0 Å². The summed E-state index contributed by atoms with van der Waals surface area (Å²) in [5, 5.41) is 6.00. The van der Waals surface area contributed by atoms with E-state index in [2.05, 4.69) is 25.4 Å². The molecular formula is C16H33IN6O2. The second-order valence-electron chi connectivity index (χ2n) is 7.60. The zero-order chi connectivity index (χ0) is 18.5. The Morgan fingerprint density at radius 2 is 1.60 bits per heavy atom. The highest BCUT2D eigenvalue weighted by Gasteiger charge is 2.35. The van der Waals surface area contributed by atoms with Gasteiger partial charge in [-0.15, -0.1) is 24.0 Å². The molecule has 8 nitrogen and oxygen atoms in total. The highest BCUT2D eigenvalue weighted by Crippen LogP contribution is 2.16. The summed E-state index contributed by atoms with van der Waals surface area (Å²) in [6.07, 6.45) is 0. The first kappa shape index (κ1) is 23.9. The first-order chi connectivity index (χ1) is 11.0. The van der Waals surface area contributed by atoms with Crippen LogP contribution in [0.4, 0.5) is 0 Å². The Morgan fingerprint density at radius 1 is 1.08 bits per heavy atom. The average Bonchev–Trinajstić information content (AvgIpc) is 2.46. The van der Waals surface area contributed by atoms with Gasteiger partial charge in [-0.05, 0) is 34.6 Å². The van der Waals surface area contributed by atoms with Gasteiger partial charge in [-0.2, -0.15) is 0 Å². The summed E-state index contributed by atoms with van der Waals surface area (Å²) in [5.74, 6) is 0.296. The van der Waals surface area contributed by atoms with Crippen molar-refractivity contribution in [2.45, 2.75) is 45.7 Å². The summed E-state index contributed by atoms with van der Waals surface area (Å²) in [5.41, 5.74) is 4.57. The van der Waals surface area contributed by atoms with Crippen LogP contribution in [-0.4, -0.2) is 78.4 Å². The fraction of sp³-hybridized carbons (Fsp3) is 0.812. The molecule has 1 rings (SSSR count). The van der Waals surface area contributed by atoms with E-state index in [0.717, 1.165) is 13.1 Å². The molecule has 0 aromatic carbocycles. The fourth-order valence-corrected chi connectivity index (χ4v) is 2.59. The number of nitrogens with one attached hydrogen (secondary N) is 2. The monoisotopic (exact) mass is 468 g/mol. The third-order valence-corrected chi connectivity index (χ3v) is 4.11. The number of rotatable bonds is 4. The zero-order valence-electron chi connectivity index (χ0n) is 16.2. The lowest BCUT2D eigenvalue weighted by atomic mass is 10.0. The molecule has 146 valence electrons. The highest BCUT2D eigenvalue weighted by atomic mass is 127. The first-order valence-corrected chi connectivity index (χ1v) is 8.29. The molecule has 0 atom stereocenters. The minimum atomic E-state index is -0.657. The molecule has 0 unspecified atom stereocenters. The van der Waals surface area contributed by atoms with E-state index in [1.165, 1.54) is 0 Å². The van der Waals surface area contributed by atoms with Crippen molar-refractivity contribution in [1.29, 1.82) is 0 Å². The van der Waals surface area contributed by atoms with Crippen molar-refractivity contribution >= 4 is 41.8 Å². The molecule has 0 aromatic rings. The maximum absolute atomic E-state index is 11.9. The molecule has 25 heavy (non-hydrogen) atoms. The van der Waals surface area contributed by atoms with Crippen LogP contribution in [0, 0.1) is 0 Å². The minimum absolute atomic E-state index is 0. The van der Waals surface area contributed by atoms with Gasteiger partial charge in [0.05, 0.1) is 12.1 Å². The average molecular weight is 468 g/mol. The van der Waals surface area contributed by atoms with Crippen LogP contribution in [0.1, 0.15) is 34.6 Å². The predicted molar refractivity (Wildman–Crippen MR) is 111 cm³/mol. The molecule has 0 radical (unpaired) electrons. The summed E-state index contributed by atoms with van der Waals surface area (Å²) in [7, 11) is 1.70. The molecule has 1 fully saturated rings. The van der Waals surface area contributed by atoms with Gasteiger partial charge in [-0.1, -0.05) is 0 Å². The van der Waals surface area contributed by atoms with Gasteiger partial charge in [0.15, 0.2) is 5.96 Å². The van der Waals surface area contributed by atoms with E-state index in [1.807, 2.05) is 34.6 Å². The van der Waals surface area contributed by atoms with Crippen molar-refractivity contribution in [3.05, 3.63) is 0 Å². The molecular weight excluding hydrogens is 435 g/mol. The Hall–Kier alpha value is -1.10. The lowest BCUT2D eigenvalue weighted by Gasteiger charge is -2.43. The molecule has 9 heteroatoms. The number of nitrogens with two attached hydrogens (primary N) is 1. The standard InChI is InChI=1S/C16H32N6O2.HI/c1-15(2,3)20-12(23)11-19-14(18-6)21-7-9-22(10-8-21)16(4,5)13(17)24;/h7-11H2,1-6H3,(H2,17,24)(H,18,19)(H,20,23);1H. The largest absolute Gasteiger partial charge is 0.368 e. The fourth-order valence-electron chi connectivity index (χ4n) is 2.59. The van der Waals surface area contributed by atoms with Crippen molar-refractivity contribution in [2.24, 2.45) is 10.7 Å². The van der Waals surface area contributed by atoms with Gasteiger partial charge in [0.2, 0.25) is 11.8 Å². The van der Waals surface area contributed by atoms with Gasteiger partial charge in [-0.3, -0.25) is 19.5 Å². The Labute approximate surface area is 168 Å². The van der Waals surface area contributed by atoms with Gasteiger partial charge in [0, 0.05) is 38.8 Å². The Balaban J connectivity index is 0.00000576. The number of aliphatic imine (C=N–C) groups is 1. The van der Waals surface area contributed by atoms with E-state index in [0.29, 0.717) is 19.0 Å². The van der Waals surface area contributed by atoms with Crippen LogP contribution in [0.5, 0.6) is 0 Å². The normalized spacial score (nSPS) is 16.9. The van der Waals surface area contributed by atoms with E-state index in [-0.39, 0.29) is 47.9 Å². The van der Waals surface area contributed by atoms with Gasteiger partial charge in [0.1, 0.15) is 0 Å². The smallest absolute Gasteiger partial charge is 0.239 e. The molecule has 0 saturated carbocycles. The highest BCUT2D eigenvalue weighted by molar-refractivity contribution is 14.0. The Bertz CT molecular complexity index is 493. The van der Waals surface area contributed by atoms with E-state index in [1.54, 1.807) is 7.05 Å². The third-order valence-electron chi connectivity index (χ3n) is 4.11. The summed E-state index contributed by atoms with van der Waals surface area (Å²) in [6.45, 7) is 12.6. The quantitative estimate of drug-likeness (QED) is 0.306. The van der Waals surface area contributed by atoms with E-state index < -0.39 is 5.54 Å². The lowest BCUT2D eigenvalue weighted by Crippen LogP contribution is -2.61. The molecule has 1 saturated heterocycles. The van der Waals surface area contributed by atoms with Crippen molar-refractivity contribution in [3.8, 4) is 0 Å². The topological polar surface area (TPSA) is 103 Å². The Kier molecular flexibility index (Phi) is 9.14. The number of primary amides is 1. The van der Waals surface area contributed by atoms with Crippen LogP contribution < -0.4 is 16.4 Å². The van der Waals surface area contributed by atoms with E-state index in [9.17, 15) is 9.59 Å². The minimum Gasteiger partial charge on any atom is -0.368 e. The number of carbonyl (C=O) groups is 2. The molecule has 4 N–H and O–H groups in total. The SMILES string of the molecule is CN=C(NCC(=O)NC(C)(C)C)N1CCN(C(C)(C)C(N)=O)CC1.I. The molecule has 0 bridgehead atoms. The van der Waals surface area contributed by atoms with Gasteiger partial charge < -0.3 is 21.3 Å². The number of piperazine rings is 1. The molecule has 0 aromatic heterocycles. The molecule has 0 spiro atoms. The predicted octanol–water partition coefficient (Wildman–Crippen LogP) is -0.0240. The second kappa shape index (κ2) is 9.56. The summed E-state index contributed by atoms with van der Waals surface area (Å²) in [6, 6.07) is 0. The summed E-state index contributed by atoms with van der Waals surface area (Å²) >= 11 is 0. The molecule has 1 heterocycles. The van der Waals surface area contributed by atoms with Crippen molar-refractivity contribution in [2.75, 3.05) is 39.8 Å². The van der Waals surface area contributed by atoms with Crippen LogP contribution in [-0.2, 0) is 9.59 Å². The maximum Gasteiger partial charge on any atom is 0.239 e. The number of hydrogen-bond acceptors (Lipinski definition) is 4. The molecule has 0 aliphatic carbocycles. The van der Waals surface area contributed by atoms with Crippen molar-refractivity contribution in [1.82, 2.24) is 20.4 Å².